The summed E-state index contributed by atoms with van der Waals surface area (Å²) >= 11 is 5.89. The molecule has 2 N–H and O–H groups in total. The molecule has 0 aliphatic carbocycles. The summed E-state index contributed by atoms with van der Waals surface area (Å²) in [7, 11) is 1.47. The third-order valence-electron chi connectivity index (χ3n) is 2.08. The van der Waals surface area contributed by atoms with Crippen LogP contribution in [0.2, 0.25) is 5.02 Å². The molecule has 0 bridgehead atoms. The monoisotopic (exact) mass is 260 g/mol. The number of benzene rings is 1. The maximum absolute atomic E-state index is 11.0. The number of ether oxygens (including phenoxy) is 2. The molecule has 0 aliphatic rings. The summed E-state index contributed by atoms with van der Waals surface area (Å²) in [5, 5.41) is 17.9. The number of hydrogen-bond donors (Lipinski definition) is 2. The van der Waals surface area contributed by atoms with Gasteiger partial charge >= 0.3 is 5.97 Å². The Hall–Kier alpha value is -1.30. The van der Waals surface area contributed by atoms with E-state index < -0.39 is 12.1 Å². The van der Waals surface area contributed by atoms with E-state index in [1.54, 1.807) is 12.1 Å². The van der Waals surface area contributed by atoms with Crippen molar-refractivity contribution < 1.29 is 24.5 Å². The molecular weight excluding hydrogens is 248 g/mol. The molecule has 0 saturated carbocycles. The highest BCUT2D eigenvalue weighted by Gasteiger charge is 2.21. The molecule has 17 heavy (non-hydrogen) atoms. The lowest BCUT2D eigenvalue weighted by atomic mass is 10.1. The second-order valence-electron chi connectivity index (χ2n) is 3.21. The lowest BCUT2D eigenvalue weighted by Gasteiger charge is -2.14. The number of methoxy groups -OCH3 is 1. The van der Waals surface area contributed by atoms with Crippen LogP contribution in [0.4, 0.5) is 0 Å². The van der Waals surface area contributed by atoms with Crippen molar-refractivity contribution in [3.8, 4) is 5.75 Å². The Kier molecular flexibility index (Phi) is 5.21. The molecule has 0 spiro atoms. The van der Waals surface area contributed by atoms with E-state index in [2.05, 4.69) is 0 Å². The summed E-state index contributed by atoms with van der Waals surface area (Å²) in [6.07, 6.45) is -1.15. The van der Waals surface area contributed by atoms with Crippen LogP contribution in [0.5, 0.6) is 5.75 Å². The Morgan fingerprint density at radius 2 is 2.24 bits per heavy atom. The minimum absolute atomic E-state index is 0.0549. The van der Waals surface area contributed by atoms with Gasteiger partial charge in [0.2, 0.25) is 0 Å². The first kappa shape index (κ1) is 13.8. The van der Waals surface area contributed by atoms with E-state index in [9.17, 15) is 4.79 Å². The van der Waals surface area contributed by atoms with Crippen LogP contribution in [-0.2, 0) is 9.53 Å². The third-order valence-corrected chi connectivity index (χ3v) is 2.37. The van der Waals surface area contributed by atoms with Crippen LogP contribution >= 0.6 is 11.6 Å². The van der Waals surface area contributed by atoms with Crippen LogP contribution in [0.25, 0.3) is 0 Å². The van der Waals surface area contributed by atoms with Gasteiger partial charge in [-0.05, 0) is 17.7 Å². The molecule has 6 heteroatoms. The summed E-state index contributed by atoms with van der Waals surface area (Å²) < 4.78 is 9.98. The average molecular weight is 261 g/mol. The fourth-order valence-corrected chi connectivity index (χ4v) is 1.59. The van der Waals surface area contributed by atoms with Crippen molar-refractivity contribution in [2.24, 2.45) is 0 Å². The van der Waals surface area contributed by atoms with Crippen molar-refractivity contribution in [1.82, 2.24) is 0 Å². The van der Waals surface area contributed by atoms with E-state index in [1.165, 1.54) is 13.2 Å². The standard InChI is InChI=1S/C11H13ClO5/c1-16-9-3-2-7(6-8(9)12)10(11(14)15)17-5-4-13/h2-3,6,10,13H,4-5H2,1H3,(H,14,15). The predicted octanol–water partition coefficient (Wildman–Crippen LogP) is 1.48. The molecule has 1 aromatic rings. The lowest BCUT2D eigenvalue weighted by molar-refractivity contribution is -0.151. The minimum atomic E-state index is -1.15. The Balaban J connectivity index is 2.94. The van der Waals surface area contributed by atoms with Gasteiger partial charge in [-0.1, -0.05) is 17.7 Å². The van der Waals surface area contributed by atoms with Gasteiger partial charge in [-0.2, -0.15) is 0 Å². The van der Waals surface area contributed by atoms with Gasteiger partial charge in [0.1, 0.15) is 5.75 Å². The summed E-state index contributed by atoms with van der Waals surface area (Å²) in [4.78, 5) is 11.0. The molecular formula is C11H13ClO5. The van der Waals surface area contributed by atoms with Crippen molar-refractivity contribution in [2.45, 2.75) is 6.10 Å². The lowest BCUT2D eigenvalue weighted by Crippen LogP contribution is -2.17. The Morgan fingerprint density at radius 3 is 2.71 bits per heavy atom. The van der Waals surface area contributed by atoms with E-state index >= 15 is 0 Å². The molecule has 0 radical (unpaired) electrons. The quantitative estimate of drug-likeness (QED) is 0.810. The van der Waals surface area contributed by atoms with Crippen LogP contribution in [0, 0.1) is 0 Å². The van der Waals surface area contributed by atoms with Crippen LogP contribution in [0.15, 0.2) is 18.2 Å². The molecule has 94 valence electrons. The summed E-state index contributed by atoms with van der Waals surface area (Å²) in [6.45, 7) is -0.297. The van der Waals surface area contributed by atoms with E-state index in [4.69, 9.17) is 31.3 Å². The van der Waals surface area contributed by atoms with Gasteiger partial charge in [-0.25, -0.2) is 4.79 Å². The molecule has 0 aromatic heterocycles. The number of carboxylic acid groups (broad SMARTS) is 1. The Labute approximate surface area is 104 Å². The van der Waals surface area contributed by atoms with E-state index in [0.29, 0.717) is 16.3 Å². The SMILES string of the molecule is COc1ccc(C(OCCO)C(=O)O)cc1Cl. The zero-order valence-electron chi connectivity index (χ0n) is 9.22. The van der Waals surface area contributed by atoms with Crippen molar-refractivity contribution in [3.63, 3.8) is 0 Å². The molecule has 0 aliphatic heterocycles. The molecule has 1 atom stereocenters. The molecule has 5 nitrogen and oxygen atoms in total. The van der Waals surface area contributed by atoms with Crippen molar-refractivity contribution in [1.29, 1.82) is 0 Å². The molecule has 0 saturated heterocycles. The minimum Gasteiger partial charge on any atom is -0.495 e. The molecule has 1 rings (SSSR count). The largest absolute Gasteiger partial charge is 0.495 e. The first-order valence-corrected chi connectivity index (χ1v) is 5.26. The van der Waals surface area contributed by atoms with Gasteiger partial charge in [0.15, 0.2) is 6.10 Å². The number of carboxylic acids is 1. The van der Waals surface area contributed by atoms with Crippen molar-refractivity contribution >= 4 is 17.6 Å². The number of carbonyl (C=O) groups is 1. The maximum atomic E-state index is 11.0. The van der Waals surface area contributed by atoms with Crippen LogP contribution in [-0.4, -0.2) is 36.5 Å². The highest BCUT2D eigenvalue weighted by molar-refractivity contribution is 6.32. The summed E-state index contributed by atoms with van der Waals surface area (Å²) in [5.41, 5.74) is 0.400. The molecule has 0 fully saturated rings. The highest BCUT2D eigenvalue weighted by Crippen LogP contribution is 2.28. The van der Waals surface area contributed by atoms with E-state index in [-0.39, 0.29) is 13.2 Å². The van der Waals surface area contributed by atoms with Crippen LogP contribution in [0.3, 0.4) is 0 Å². The number of aliphatic hydroxyl groups is 1. The van der Waals surface area contributed by atoms with Gasteiger partial charge in [-0.15, -0.1) is 0 Å². The van der Waals surface area contributed by atoms with Gasteiger partial charge < -0.3 is 19.7 Å². The highest BCUT2D eigenvalue weighted by atomic mass is 35.5. The average Bonchev–Trinajstić information content (AvgIpc) is 2.29. The normalized spacial score (nSPS) is 12.2. The predicted molar refractivity (Wildman–Crippen MR) is 61.4 cm³/mol. The smallest absolute Gasteiger partial charge is 0.337 e. The van der Waals surface area contributed by atoms with Gasteiger partial charge in [0.05, 0.1) is 25.3 Å². The second kappa shape index (κ2) is 6.44. The fourth-order valence-electron chi connectivity index (χ4n) is 1.33. The number of aliphatic carboxylic acids is 1. The van der Waals surface area contributed by atoms with Crippen LogP contribution in [0.1, 0.15) is 11.7 Å². The third kappa shape index (κ3) is 3.59. The van der Waals surface area contributed by atoms with E-state index in [1.807, 2.05) is 0 Å². The maximum Gasteiger partial charge on any atom is 0.337 e. The Bertz CT molecular complexity index is 393. The van der Waals surface area contributed by atoms with Crippen molar-refractivity contribution in [2.75, 3.05) is 20.3 Å². The number of halogens is 1. The van der Waals surface area contributed by atoms with Crippen molar-refractivity contribution in [3.05, 3.63) is 28.8 Å². The van der Waals surface area contributed by atoms with Gasteiger partial charge in [0, 0.05) is 0 Å². The second-order valence-corrected chi connectivity index (χ2v) is 3.61. The molecule has 1 unspecified atom stereocenters. The number of rotatable bonds is 6. The van der Waals surface area contributed by atoms with Crippen LogP contribution < -0.4 is 4.74 Å². The fraction of sp³-hybridized carbons (Fsp3) is 0.364. The topological polar surface area (TPSA) is 76.0 Å². The zero-order chi connectivity index (χ0) is 12.8. The molecule has 0 heterocycles. The van der Waals surface area contributed by atoms with E-state index in [0.717, 1.165) is 0 Å². The summed E-state index contributed by atoms with van der Waals surface area (Å²) in [6, 6.07) is 4.59. The number of hydrogen-bond acceptors (Lipinski definition) is 4. The molecule has 0 amide bonds. The van der Waals surface area contributed by atoms with Gasteiger partial charge in [0.25, 0.3) is 0 Å². The first-order chi connectivity index (χ1) is 8.10. The first-order valence-electron chi connectivity index (χ1n) is 4.89. The summed E-state index contributed by atoms with van der Waals surface area (Å²) in [5.74, 6) is -0.679. The Morgan fingerprint density at radius 1 is 1.53 bits per heavy atom. The zero-order valence-corrected chi connectivity index (χ0v) is 9.98. The number of aliphatic hydroxyl groups excluding tert-OH is 1. The molecule has 1 aromatic carbocycles. The van der Waals surface area contributed by atoms with Gasteiger partial charge in [-0.3, -0.25) is 0 Å².